The van der Waals surface area contributed by atoms with Gasteiger partial charge in [0.15, 0.2) is 0 Å². The SMILES string of the molecule is CC(C)CC1(C(C)(C)CN)COC1. The third-order valence-electron chi connectivity index (χ3n) is 3.50. The van der Waals surface area contributed by atoms with E-state index in [0.717, 1.165) is 25.7 Å². The smallest absolute Gasteiger partial charge is 0.0550 e. The lowest BCUT2D eigenvalue weighted by Crippen LogP contribution is -2.56. The fourth-order valence-corrected chi connectivity index (χ4v) is 2.13. The molecule has 0 spiro atoms. The van der Waals surface area contributed by atoms with Gasteiger partial charge in [0.25, 0.3) is 0 Å². The summed E-state index contributed by atoms with van der Waals surface area (Å²) >= 11 is 0. The van der Waals surface area contributed by atoms with Gasteiger partial charge in [-0.25, -0.2) is 0 Å². The lowest BCUT2D eigenvalue weighted by Gasteiger charge is -2.53. The van der Waals surface area contributed by atoms with Crippen molar-refractivity contribution >= 4 is 0 Å². The first-order valence-electron chi connectivity index (χ1n) is 5.21. The first-order valence-corrected chi connectivity index (χ1v) is 5.21. The number of hydrogen-bond donors (Lipinski definition) is 1. The minimum Gasteiger partial charge on any atom is -0.380 e. The summed E-state index contributed by atoms with van der Waals surface area (Å²) in [7, 11) is 0. The van der Waals surface area contributed by atoms with Crippen molar-refractivity contribution in [3.63, 3.8) is 0 Å². The molecule has 0 aromatic carbocycles. The van der Waals surface area contributed by atoms with E-state index in [1.165, 1.54) is 6.42 Å². The summed E-state index contributed by atoms with van der Waals surface area (Å²) in [5, 5.41) is 0. The van der Waals surface area contributed by atoms with Crippen molar-refractivity contribution in [2.45, 2.75) is 34.1 Å². The van der Waals surface area contributed by atoms with E-state index in [1.54, 1.807) is 0 Å². The van der Waals surface area contributed by atoms with Crippen LogP contribution in [-0.2, 0) is 4.74 Å². The maximum absolute atomic E-state index is 5.82. The molecule has 0 bridgehead atoms. The van der Waals surface area contributed by atoms with Crippen LogP contribution < -0.4 is 5.73 Å². The van der Waals surface area contributed by atoms with Crippen molar-refractivity contribution in [3.8, 4) is 0 Å². The van der Waals surface area contributed by atoms with Crippen LogP contribution >= 0.6 is 0 Å². The van der Waals surface area contributed by atoms with Gasteiger partial charge in [0.05, 0.1) is 13.2 Å². The predicted octanol–water partition coefficient (Wildman–Crippen LogP) is 2.03. The summed E-state index contributed by atoms with van der Waals surface area (Å²) < 4.78 is 5.37. The van der Waals surface area contributed by atoms with Gasteiger partial charge in [-0.05, 0) is 24.3 Å². The largest absolute Gasteiger partial charge is 0.380 e. The lowest BCUT2D eigenvalue weighted by atomic mass is 9.60. The van der Waals surface area contributed by atoms with Crippen LogP contribution in [0.2, 0.25) is 0 Å². The van der Waals surface area contributed by atoms with Crippen molar-refractivity contribution in [1.29, 1.82) is 0 Å². The Balaban J connectivity index is 2.69. The van der Waals surface area contributed by atoms with Crippen LogP contribution in [0.1, 0.15) is 34.1 Å². The number of hydrogen-bond acceptors (Lipinski definition) is 2. The molecule has 0 saturated carbocycles. The van der Waals surface area contributed by atoms with Crippen LogP contribution in [0.3, 0.4) is 0 Å². The number of ether oxygens (including phenoxy) is 1. The van der Waals surface area contributed by atoms with E-state index in [9.17, 15) is 0 Å². The molecule has 13 heavy (non-hydrogen) atoms. The molecule has 2 N–H and O–H groups in total. The van der Waals surface area contributed by atoms with Crippen LogP contribution in [0.4, 0.5) is 0 Å². The average Bonchev–Trinajstić information content (AvgIpc) is 1.96. The van der Waals surface area contributed by atoms with Crippen molar-refractivity contribution in [3.05, 3.63) is 0 Å². The molecule has 1 fully saturated rings. The highest BCUT2D eigenvalue weighted by molar-refractivity contribution is 4.98. The van der Waals surface area contributed by atoms with E-state index in [2.05, 4.69) is 27.7 Å². The van der Waals surface area contributed by atoms with E-state index in [1.807, 2.05) is 0 Å². The van der Waals surface area contributed by atoms with Crippen molar-refractivity contribution in [2.75, 3.05) is 19.8 Å². The standard InChI is InChI=1S/C11H23NO/c1-9(2)5-11(7-13-8-11)10(3,4)6-12/h9H,5-8,12H2,1-4H3. The summed E-state index contributed by atoms with van der Waals surface area (Å²) in [4.78, 5) is 0. The molecule has 0 radical (unpaired) electrons. The topological polar surface area (TPSA) is 35.2 Å². The fourth-order valence-electron chi connectivity index (χ4n) is 2.13. The van der Waals surface area contributed by atoms with Crippen LogP contribution in [0.25, 0.3) is 0 Å². The van der Waals surface area contributed by atoms with Gasteiger partial charge in [-0.3, -0.25) is 0 Å². The van der Waals surface area contributed by atoms with Crippen LogP contribution in [0.5, 0.6) is 0 Å². The molecule has 0 atom stereocenters. The highest BCUT2D eigenvalue weighted by Crippen LogP contribution is 2.48. The van der Waals surface area contributed by atoms with Gasteiger partial charge >= 0.3 is 0 Å². The first kappa shape index (κ1) is 11.0. The molecular formula is C11H23NO. The van der Waals surface area contributed by atoms with Crippen molar-refractivity contribution in [1.82, 2.24) is 0 Å². The molecule has 0 aliphatic carbocycles. The highest BCUT2D eigenvalue weighted by atomic mass is 16.5. The van der Waals surface area contributed by atoms with E-state index in [4.69, 9.17) is 10.5 Å². The van der Waals surface area contributed by atoms with Crippen LogP contribution in [-0.4, -0.2) is 19.8 Å². The molecule has 0 aromatic rings. The Bertz CT molecular complexity index is 171. The quantitative estimate of drug-likeness (QED) is 0.727. The number of rotatable bonds is 4. The molecule has 1 aliphatic rings. The van der Waals surface area contributed by atoms with E-state index in [-0.39, 0.29) is 5.41 Å². The summed E-state index contributed by atoms with van der Waals surface area (Å²) in [5.41, 5.74) is 6.38. The molecule has 78 valence electrons. The zero-order valence-corrected chi connectivity index (χ0v) is 9.39. The Morgan fingerprint density at radius 1 is 1.38 bits per heavy atom. The molecule has 0 aromatic heterocycles. The number of nitrogens with two attached hydrogens (primary N) is 1. The second kappa shape index (κ2) is 3.58. The third-order valence-corrected chi connectivity index (χ3v) is 3.50. The summed E-state index contributed by atoms with van der Waals surface area (Å²) in [6.45, 7) is 11.6. The molecule has 2 heteroatoms. The van der Waals surface area contributed by atoms with Gasteiger partial charge < -0.3 is 10.5 Å². The summed E-state index contributed by atoms with van der Waals surface area (Å²) in [6.07, 6.45) is 1.23. The van der Waals surface area contributed by atoms with E-state index < -0.39 is 0 Å². The van der Waals surface area contributed by atoms with Gasteiger partial charge in [-0.1, -0.05) is 27.7 Å². The maximum Gasteiger partial charge on any atom is 0.0550 e. The molecule has 2 nitrogen and oxygen atoms in total. The van der Waals surface area contributed by atoms with Crippen molar-refractivity contribution in [2.24, 2.45) is 22.5 Å². The third kappa shape index (κ3) is 1.89. The maximum atomic E-state index is 5.82. The van der Waals surface area contributed by atoms with Gasteiger partial charge in [0, 0.05) is 5.41 Å². The monoisotopic (exact) mass is 185 g/mol. The minimum atomic E-state index is 0.218. The van der Waals surface area contributed by atoms with Gasteiger partial charge in [0.2, 0.25) is 0 Å². The van der Waals surface area contributed by atoms with Gasteiger partial charge in [0.1, 0.15) is 0 Å². The Hall–Kier alpha value is -0.0800. The Labute approximate surface area is 81.8 Å². The zero-order chi connectivity index (χ0) is 10.1. The highest BCUT2D eigenvalue weighted by Gasteiger charge is 2.49. The zero-order valence-electron chi connectivity index (χ0n) is 9.39. The van der Waals surface area contributed by atoms with Crippen LogP contribution in [0.15, 0.2) is 0 Å². The Morgan fingerprint density at radius 3 is 2.15 bits per heavy atom. The predicted molar refractivity (Wildman–Crippen MR) is 55.5 cm³/mol. The Morgan fingerprint density at radius 2 is 1.92 bits per heavy atom. The van der Waals surface area contributed by atoms with Gasteiger partial charge in [-0.2, -0.15) is 0 Å². The summed E-state index contributed by atoms with van der Waals surface area (Å²) in [5.74, 6) is 0.731. The van der Waals surface area contributed by atoms with E-state index in [0.29, 0.717) is 5.41 Å². The molecule has 0 amide bonds. The van der Waals surface area contributed by atoms with Crippen LogP contribution in [0, 0.1) is 16.7 Å². The molecule has 1 saturated heterocycles. The molecule has 1 heterocycles. The second-order valence-corrected chi connectivity index (χ2v) is 5.46. The normalized spacial score (nSPS) is 21.7. The summed E-state index contributed by atoms with van der Waals surface area (Å²) in [6, 6.07) is 0. The van der Waals surface area contributed by atoms with Crippen molar-refractivity contribution < 1.29 is 4.74 Å². The lowest BCUT2D eigenvalue weighted by molar-refractivity contribution is -0.181. The first-order chi connectivity index (χ1) is 5.93. The molecule has 1 aliphatic heterocycles. The van der Waals surface area contributed by atoms with Gasteiger partial charge in [-0.15, -0.1) is 0 Å². The molecule has 1 rings (SSSR count). The average molecular weight is 185 g/mol. The Kier molecular flexibility index (Phi) is 3.03. The molecule has 0 unspecified atom stereocenters. The minimum absolute atomic E-state index is 0.218. The molecular weight excluding hydrogens is 162 g/mol. The fraction of sp³-hybridized carbons (Fsp3) is 1.00. The van der Waals surface area contributed by atoms with E-state index >= 15 is 0 Å². The second-order valence-electron chi connectivity index (χ2n) is 5.46.